The van der Waals surface area contributed by atoms with Crippen LogP contribution >= 0.6 is 11.6 Å². The summed E-state index contributed by atoms with van der Waals surface area (Å²) < 4.78 is 0. The monoisotopic (exact) mass is 301 g/mol. The number of carbonyl (C=O) groups is 1. The Kier molecular flexibility index (Phi) is 5.82. The molecule has 2 aromatic rings. The predicted molar refractivity (Wildman–Crippen MR) is 87.5 cm³/mol. The molecule has 1 atom stereocenters. The van der Waals surface area contributed by atoms with Crippen LogP contribution in [0, 0.1) is 6.92 Å². The Labute approximate surface area is 131 Å². The molecule has 0 saturated heterocycles. The number of carbonyl (C=O) groups excluding carboxylic acids is 1. The number of amides is 1. The summed E-state index contributed by atoms with van der Waals surface area (Å²) in [5.74, 6) is 0.0415. The van der Waals surface area contributed by atoms with Gasteiger partial charge < -0.3 is 5.32 Å². The third-order valence-electron chi connectivity index (χ3n) is 3.52. The topological polar surface area (TPSA) is 29.1 Å². The van der Waals surface area contributed by atoms with Crippen molar-refractivity contribution in [2.24, 2.45) is 0 Å². The van der Waals surface area contributed by atoms with Crippen LogP contribution < -0.4 is 5.32 Å². The highest BCUT2D eigenvalue weighted by Crippen LogP contribution is 2.18. The Morgan fingerprint density at radius 1 is 1.10 bits per heavy atom. The standard InChI is InChI=1S/C18H20ClNO/c1-14-7-5-6-8-15(14)11-12-18(21)20-13-17(19)16-9-3-2-4-10-16/h2-10,17H,11-13H2,1H3,(H,20,21). The van der Waals surface area contributed by atoms with Gasteiger partial charge in [0.25, 0.3) is 0 Å². The Morgan fingerprint density at radius 2 is 1.76 bits per heavy atom. The molecule has 21 heavy (non-hydrogen) atoms. The summed E-state index contributed by atoms with van der Waals surface area (Å²) in [6.45, 7) is 2.52. The van der Waals surface area contributed by atoms with E-state index in [-0.39, 0.29) is 11.3 Å². The third-order valence-corrected chi connectivity index (χ3v) is 3.93. The van der Waals surface area contributed by atoms with Crippen LogP contribution in [-0.4, -0.2) is 12.5 Å². The first kappa shape index (κ1) is 15.6. The van der Waals surface area contributed by atoms with Crippen molar-refractivity contribution in [3.8, 4) is 0 Å². The highest BCUT2D eigenvalue weighted by molar-refractivity contribution is 6.21. The zero-order valence-electron chi connectivity index (χ0n) is 12.2. The van der Waals surface area contributed by atoms with Crippen molar-refractivity contribution in [3.63, 3.8) is 0 Å². The smallest absolute Gasteiger partial charge is 0.220 e. The van der Waals surface area contributed by atoms with E-state index < -0.39 is 0 Å². The van der Waals surface area contributed by atoms with E-state index in [1.54, 1.807) is 0 Å². The van der Waals surface area contributed by atoms with Gasteiger partial charge in [-0.25, -0.2) is 0 Å². The van der Waals surface area contributed by atoms with E-state index in [1.807, 2.05) is 42.5 Å². The van der Waals surface area contributed by atoms with E-state index in [0.29, 0.717) is 13.0 Å². The van der Waals surface area contributed by atoms with E-state index in [4.69, 9.17) is 11.6 Å². The van der Waals surface area contributed by atoms with E-state index >= 15 is 0 Å². The van der Waals surface area contributed by atoms with E-state index in [0.717, 1.165) is 12.0 Å². The van der Waals surface area contributed by atoms with Crippen LogP contribution in [0.15, 0.2) is 54.6 Å². The van der Waals surface area contributed by atoms with Crippen molar-refractivity contribution in [2.75, 3.05) is 6.54 Å². The Balaban J connectivity index is 1.76. The average Bonchev–Trinajstić information content (AvgIpc) is 2.52. The van der Waals surface area contributed by atoms with Crippen molar-refractivity contribution in [1.29, 1.82) is 0 Å². The Hall–Kier alpha value is -1.80. The van der Waals surface area contributed by atoms with Crippen LogP contribution in [0.5, 0.6) is 0 Å². The molecule has 1 N–H and O–H groups in total. The fraction of sp³-hybridized carbons (Fsp3) is 0.278. The van der Waals surface area contributed by atoms with Crippen molar-refractivity contribution < 1.29 is 4.79 Å². The molecule has 0 radical (unpaired) electrons. The maximum Gasteiger partial charge on any atom is 0.220 e. The Morgan fingerprint density at radius 3 is 2.48 bits per heavy atom. The summed E-state index contributed by atoms with van der Waals surface area (Å²) in [7, 11) is 0. The van der Waals surface area contributed by atoms with Crippen LogP contribution in [0.1, 0.15) is 28.5 Å². The van der Waals surface area contributed by atoms with Crippen LogP contribution in [0.25, 0.3) is 0 Å². The summed E-state index contributed by atoms with van der Waals surface area (Å²) in [4.78, 5) is 11.9. The van der Waals surface area contributed by atoms with Crippen LogP contribution in [0.4, 0.5) is 0 Å². The van der Waals surface area contributed by atoms with Crippen LogP contribution in [0.2, 0.25) is 0 Å². The fourth-order valence-electron chi connectivity index (χ4n) is 2.21. The lowest BCUT2D eigenvalue weighted by Crippen LogP contribution is -2.27. The summed E-state index contributed by atoms with van der Waals surface area (Å²) in [5, 5.41) is 2.71. The molecule has 0 saturated carbocycles. The van der Waals surface area contributed by atoms with Gasteiger partial charge in [-0.3, -0.25) is 4.79 Å². The summed E-state index contributed by atoms with van der Waals surface area (Å²) >= 11 is 6.28. The van der Waals surface area contributed by atoms with Crippen molar-refractivity contribution >= 4 is 17.5 Å². The van der Waals surface area contributed by atoms with Gasteiger partial charge in [-0.1, -0.05) is 54.6 Å². The lowest BCUT2D eigenvalue weighted by molar-refractivity contribution is -0.121. The number of alkyl halides is 1. The molecule has 2 aromatic carbocycles. The number of halogens is 1. The molecule has 0 aliphatic rings. The van der Waals surface area contributed by atoms with Gasteiger partial charge in [-0.05, 0) is 30.0 Å². The maximum atomic E-state index is 11.9. The normalized spacial score (nSPS) is 11.9. The largest absolute Gasteiger partial charge is 0.354 e. The highest BCUT2D eigenvalue weighted by Gasteiger charge is 2.09. The van der Waals surface area contributed by atoms with Gasteiger partial charge in [0.15, 0.2) is 0 Å². The van der Waals surface area contributed by atoms with Crippen LogP contribution in [0.3, 0.4) is 0 Å². The van der Waals surface area contributed by atoms with Gasteiger partial charge >= 0.3 is 0 Å². The van der Waals surface area contributed by atoms with Crippen molar-refractivity contribution in [2.45, 2.75) is 25.1 Å². The van der Waals surface area contributed by atoms with Gasteiger partial charge in [0.1, 0.15) is 0 Å². The zero-order chi connectivity index (χ0) is 15.1. The number of hydrogen-bond donors (Lipinski definition) is 1. The zero-order valence-corrected chi connectivity index (χ0v) is 12.9. The Bertz CT molecular complexity index is 583. The summed E-state index contributed by atoms with van der Waals surface area (Å²) in [5.41, 5.74) is 3.47. The average molecular weight is 302 g/mol. The number of aryl methyl sites for hydroxylation is 2. The molecular weight excluding hydrogens is 282 g/mol. The molecule has 2 nitrogen and oxygen atoms in total. The molecule has 0 spiro atoms. The maximum absolute atomic E-state index is 11.9. The number of nitrogens with one attached hydrogen (secondary N) is 1. The molecular formula is C18H20ClNO. The first-order valence-electron chi connectivity index (χ1n) is 7.17. The molecule has 1 unspecified atom stereocenters. The van der Waals surface area contributed by atoms with Gasteiger partial charge in [0.2, 0.25) is 5.91 Å². The highest BCUT2D eigenvalue weighted by atomic mass is 35.5. The van der Waals surface area contributed by atoms with Crippen molar-refractivity contribution in [1.82, 2.24) is 5.32 Å². The molecule has 2 rings (SSSR count). The second-order valence-electron chi connectivity index (χ2n) is 5.11. The molecule has 3 heteroatoms. The van der Waals surface area contributed by atoms with E-state index in [9.17, 15) is 4.79 Å². The quantitative estimate of drug-likeness (QED) is 0.802. The van der Waals surface area contributed by atoms with Crippen LogP contribution in [-0.2, 0) is 11.2 Å². The molecule has 1 amide bonds. The van der Waals surface area contributed by atoms with Gasteiger partial charge in [0, 0.05) is 13.0 Å². The first-order valence-corrected chi connectivity index (χ1v) is 7.60. The molecule has 0 aliphatic carbocycles. The minimum Gasteiger partial charge on any atom is -0.354 e. The van der Waals surface area contributed by atoms with Gasteiger partial charge in [-0.15, -0.1) is 11.6 Å². The first-order chi connectivity index (χ1) is 10.2. The number of benzene rings is 2. The SMILES string of the molecule is Cc1ccccc1CCC(=O)NCC(Cl)c1ccccc1. The molecule has 110 valence electrons. The summed E-state index contributed by atoms with van der Waals surface area (Å²) in [6, 6.07) is 17.9. The van der Waals surface area contributed by atoms with Gasteiger partial charge in [0.05, 0.1) is 5.38 Å². The predicted octanol–water partition coefficient (Wildman–Crippen LogP) is 4.02. The van der Waals surface area contributed by atoms with Crippen molar-refractivity contribution in [3.05, 3.63) is 71.3 Å². The van der Waals surface area contributed by atoms with E-state index in [1.165, 1.54) is 11.1 Å². The lowest BCUT2D eigenvalue weighted by Gasteiger charge is -2.11. The second kappa shape index (κ2) is 7.84. The van der Waals surface area contributed by atoms with Gasteiger partial charge in [-0.2, -0.15) is 0 Å². The fourth-order valence-corrected chi connectivity index (χ4v) is 2.43. The lowest BCUT2D eigenvalue weighted by atomic mass is 10.0. The summed E-state index contributed by atoms with van der Waals surface area (Å²) in [6.07, 6.45) is 1.25. The number of rotatable bonds is 6. The number of hydrogen-bond acceptors (Lipinski definition) is 1. The molecule has 0 fully saturated rings. The molecule has 0 aromatic heterocycles. The molecule has 0 bridgehead atoms. The third kappa shape index (κ3) is 4.91. The molecule has 0 heterocycles. The van der Waals surface area contributed by atoms with E-state index in [2.05, 4.69) is 24.4 Å². The minimum atomic E-state index is -0.186. The second-order valence-corrected chi connectivity index (χ2v) is 5.64. The minimum absolute atomic E-state index is 0.0415. The molecule has 0 aliphatic heterocycles.